The van der Waals surface area contributed by atoms with Crippen LogP contribution in [0.25, 0.3) is 0 Å². The number of aliphatic hydroxyl groups is 1. The van der Waals surface area contributed by atoms with Crippen LogP contribution >= 0.6 is 23.2 Å². The van der Waals surface area contributed by atoms with Crippen molar-refractivity contribution in [2.24, 2.45) is 0 Å². The fourth-order valence-electron chi connectivity index (χ4n) is 2.88. The third-order valence-corrected chi connectivity index (χ3v) is 4.96. The average Bonchev–Trinajstić information content (AvgIpc) is 2.62. The average molecular weight is 387 g/mol. The molecule has 2 atom stereocenters. The third-order valence-electron chi connectivity index (χ3n) is 4.26. The monoisotopic (exact) mass is 386 g/mol. The minimum atomic E-state index is -2.32. The van der Waals surface area contributed by atoms with Gasteiger partial charge in [0.2, 0.25) is 5.67 Å². The Morgan fingerprint density at radius 1 is 1.40 bits per heavy atom. The molecule has 3 rings (SSSR count). The van der Waals surface area contributed by atoms with Crippen LogP contribution in [0.4, 0.5) is 8.78 Å². The Labute approximate surface area is 152 Å². The summed E-state index contributed by atoms with van der Waals surface area (Å²) >= 11 is 11.5. The number of aliphatic hydroxyl groups excluding tert-OH is 1. The highest BCUT2D eigenvalue weighted by atomic mass is 35.5. The van der Waals surface area contributed by atoms with Crippen LogP contribution < -0.4 is 5.32 Å². The van der Waals surface area contributed by atoms with E-state index in [1.165, 1.54) is 30.5 Å². The number of pyridine rings is 1. The molecule has 8 heteroatoms. The summed E-state index contributed by atoms with van der Waals surface area (Å²) in [5.74, 6) is -1.68. The van der Waals surface area contributed by atoms with E-state index in [0.29, 0.717) is 0 Å². The van der Waals surface area contributed by atoms with E-state index < -0.39 is 23.5 Å². The zero-order valence-corrected chi connectivity index (χ0v) is 14.4. The maximum absolute atomic E-state index is 15.4. The molecule has 1 amide bonds. The van der Waals surface area contributed by atoms with E-state index in [-0.39, 0.29) is 46.3 Å². The molecule has 0 radical (unpaired) electrons. The predicted octanol–water partition coefficient (Wildman–Crippen LogP) is 3.84. The second-order valence-corrected chi connectivity index (χ2v) is 6.59. The molecular formula is C17H14Cl2F2N2O2. The van der Waals surface area contributed by atoms with Gasteiger partial charge in [-0.15, -0.1) is 0 Å². The number of hydrogen-bond donors (Lipinski definition) is 2. The van der Waals surface area contributed by atoms with E-state index in [0.717, 1.165) is 0 Å². The van der Waals surface area contributed by atoms with Crippen LogP contribution in [0.15, 0.2) is 30.5 Å². The molecule has 25 heavy (non-hydrogen) atoms. The summed E-state index contributed by atoms with van der Waals surface area (Å²) in [5.41, 5.74) is -1.84. The first kappa shape index (κ1) is 18.0. The first-order chi connectivity index (χ1) is 11.8. The predicted molar refractivity (Wildman–Crippen MR) is 89.5 cm³/mol. The summed E-state index contributed by atoms with van der Waals surface area (Å²) in [4.78, 5) is 16.4. The summed E-state index contributed by atoms with van der Waals surface area (Å²) in [6.07, 6.45) is 0.417. The molecule has 0 saturated carbocycles. The van der Waals surface area contributed by atoms with Gasteiger partial charge < -0.3 is 10.4 Å². The number of nitrogens with zero attached hydrogens (tertiary/aromatic N) is 1. The largest absolute Gasteiger partial charge is 0.387 e. The van der Waals surface area contributed by atoms with Crippen molar-refractivity contribution in [2.75, 3.05) is 0 Å². The zero-order chi connectivity index (χ0) is 18.2. The lowest BCUT2D eigenvalue weighted by atomic mass is 9.81. The fraction of sp³-hybridized carbons (Fsp3) is 0.294. The molecular weight excluding hydrogens is 373 g/mol. The van der Waals surface area contributed by atoms with Gasteiger partial charge >= 0.3 is 0 Å². The number of carbonyl (C=O) groups excluding carboxylic acids is 1. The van der Waals surface area contributed by atoms with Crippen molar-refractivity contribution < 1.29 is 18.7 Å². The molecule has 1 heterocycles. The molecule has 132 valence electrons. The molecule has 2 aromatic rings. The lowest BCUT2D eigenvalue weighted by Crippen LogP contribution is -2.44. The van der Waals surface area contributed by atoms with Gasteiger partial charge in [-0.25, -0.2) is 8.78 Å². The number of rotatable bonds is 3. The molecule has 0 spiro atoms. The van der Waals surface area contributed by atoms with E-state index in [1.54, 1.807) is 0 Å². The van der Waals surface area contributed by atoms with Gasteiger partial charge in [-0.3, -0.25) is 9.78 Å². The SMILES string of the molecule is O=C(NCc1ccc(Cl)c(F)c1Cl)[C@]1(F)CC[C@H](O)c2ncccc21. The number of aromatic nitrogens is 1. The van der Waals surface area contributed by atoms with Crippen LogP contribution in [0.5, 0.6) is 0 Å². The maximum atomic E-state index is 15.4. The normalized spacial score (nSPS) is 22.4. The van der Waals surface area contributed by atoms with E-state index in [2.05, 4.69) is 10.3 Å². The van der Waals surface area contributed by atoms with Crippen molar-refractivity contribution in [3.05, 3.63) is 63.1 Å². The van der Waals surface area contributed by atoms with Crippen molar-refractivity contribution in [1.82, 2.24) is 10.3 Å². The van der Waals surface area contributed by atoms with Gasteiger partial charge in [0.1, 0.15) is 0 Å². The van der Waals surface area contributed by atoms with Gasteiger partial charge in [-0.2, -0.15) is 0 Å². The van der Waals surface area contributed by atoms with Gasteiger partial charge in [-0.1, -0.05) is 35.3 Å². The first-order valence-electron chi connectivity index (χ1n) is 7.57. The smallest absolute Gasteiger partial charge is 0.262 e. The van der Waals surface area contributed by atoms with Gasteiger partial charge in [0.15, 0.2) is 5.82 Å². The Bertz CT molecular complexity index is 834. The highest BCUT2D eigenvalue weighted by Crippen LogP contribution is 2.42. The highest BCUT2D eigenvalue weighted by Gasteiger charge is 2.46. The van der Waals surface area contributed by atoms with Crippen molar-refractivity contribution >= 4 is 29.1 Å². The van der Waals surface area contributed by atoms with Crippen molar-refractivity contribution in [2.45, 2.75) is 31.2 Å². The number of hydrogen-bond acceptors (Lipinski definition) is 3. The molecule has 0 bridgehead atoms. The van der Waals surface area contributed by atoms with Gasteiger partial charge in [-0.05, 0) is 30.5 Å². The Morgan fingerprint density at radius 2 is 2.16 bits per heavy atom. The Morgan fingerprint density at radius 3 is 2.92 bits per heavy atom. The lowest BCUT2D eigenvalue weighted by molar-refractivity contribution is -0.135. The molecule has 1 aliphatic rings. The van der Waals surface area contributed by atoms with Gasteiger partial charge in [0, 0.05) is 18.3 Å². The van der Waals surface area contributed by atoms with Crippen molar-refractivity contribution in [3.8, 4) is 0 Å². The topological polar surface area (TPSA) is 62.2 Å². The molecule has 0 unspecified atom stereocenters. The second kappa shape index (κ2) is 6.86. The van der Waals surface area contributed by atoms with Gasteiger partial charge in [0.05, 0.1) is 21.8 Å². The molecule has 4 nitrogen and oxygen atoms in total. The summed E-state index contributed by atoms with van der Waals surface area (Å²) in [7, 11) is 0. The number of amides is 1. The van der Waals surface area contributed by atoms with Crippen LogP contribution in [0.2, 0.25) is 10.0 Å². The molecule has 0 fully saturated rings. The maximum Gasteiger partial charge on any atom is 0.262 e. The molecule has 0 aliphatic heterocycles. The summed E-state index contributed by atoms with van der Waals surface area (Å²) in [6, 6.07) is 5.70. The summed E-state index contributed by atoms with van der Waals surface area (Å²) < 4.78 is 29.1. The van der Waals surface area contributed by atoms with Crippen LogP contribution in [-0.4, -0.2) is 16.0 Å². The number of halogens is 4. The van der Waals surface area contributed by atoms with E-state index in [4.69, 9.17) is 23.2 Å². The van der Waals surface area contributed by atoms with Crippen LogP contribution in [0, 0.1) is 5.82 Å². The fourth-order valence-corrected chi connectivity index (χ4v) is 3.32. The molecule has 2 N–H and O–H groups in total. The molecule has 1 aromatic heterocycles. The standard InChI is InChI=1S/C17H14Cl2F2N2O2/c18-11-4-3-9(13(19)14(11)20)8-23-16(25)17(21)6-5-12(24)15-10(17)2-1-7-22-15/h1-4,7,12,24H,5-6,8H2,(H,23,25)/t12-,17-/m0/s1. The lowest BCUT2D eigenvalue weighted by Gasteiger charge is -2.32. The van der Waals surface area contributed by atoms with Crippen LogP contribution in [0.3, 0.4) is 0 Å². The Balaban J connectivity index is 1.82. The van der Waals surface area contributed by atoms with E-state index >= 15 is 4.39 Å². The van der Waals surface area contributed by atoms with E-state index in [9.17, 15) is 14.3 Å². The quantitative estimate of drug-likeness (QED) is 0.787. The molecule has 1 aromatic carbocycles. The Hall–Kier alpha value is -1.76. The molecule has 0 saturated heterocycles. The number of benzene rings is 1. The first-order valence-corrected chi connectivity index (χ1v) is 8.33. The van der Waals surface area contributed by atoms with Gasteiger partial charge in [0.25, 0.3) is 5.91 Å². The van der Waals surface area contributed by atoms with Crippen LogP contribution in [0.1, 0.15) is 35.8 Å². The zero-order valence-electron chi connectivity index (χ0n) is 12.9. The van der Waals surface area contributed by atoms with E-state index in [1.807, 2.05) is 0 Å². The second-order valence-electron chi connectivity index (χ2n) is 5.81. The number of fused-ring (bicyclic) bond motifs is 1. The summed E-state index contributed by atoms with van der Waals surface area (Å²) in [5, 5.41) is 12.0. The number of alkyl halides is 1. The van der Waals surface area contributed by atoms with Crippen LogP contribution in [-0.2, 0) is 17.0 Å². The number of nitrogens with one attached hydrogen (secondary N) is 1. The minimum Gasteiger partial charge on any atom is -0.387 e. The summed E-state index contributed by atoms with van der Waals surface area (Å²) in [6.45, 7) is -0.157. The Kier molecular flexibility index (Phi) is 4.95. The minimum absolute atomic E-state index is 0.0413. The third kappa shape index (κ3) is 3.21. The molecule has 1 aliphatic carbocycles. The van der Waals surface area contributed by atoms with Crippen molar-refractivity contribution in [3.63, 3.8) is 0 Å². The van der Waals surface area contributed by atoms with Crippen molar-refractivity contribution in [1.29, 1.82) is 0 Å². The number of carbonyl (C=O) groups is 1. The highest BCUT2D eigenvalue weighted by molar-refractivity contribution is 6.35.